The predicted molar refractivity (Wildman–Crippen MR) is 102 cm³/mol. The SMILES string of the molecule is CC(=O)Nc1cc(NCC(=O)NC(=O)NCCC2=CCCCC2)ccc1F. The average molecular weight is 376 g/mol. The molecule has 0 heterocycles. The van der Waals surface area contributed by atoms with Gasteiger partial charge in [0, 0.05) is 19.2 Å². The number of amides is 4. The second-order valence-electron chi connectivity index (χ2n) is 6.39. The van der Waals surface area contributed by atoms with E-state index < -0.39 is 23.7 Å². The third-order valence-electron chi connectivity index (χ3n) is 4.10. The van der Waals surface area contributed by atoms with Gasteiger partial charge >= 0.3 is 6.03 Å². The van der Waals surface area contributed by atoms with Gasteiger partial charge in [0.1, 0.15) is 5.82 Å². The summed E-state index contributed by atoms with van der Waals surface area (Å²) in [4.78, 5) is 34.6. The van der Waals surface area contributed by atoms with Crippen molar-refractivity contribution in [1.82, 2.24) is 10.6 Å². The van der Waals surface area contributed by atoms with E-state index in [9.17, 15) is 18.8 Å². The highest BCUT2D eigenvalue weighted by Gasteiger charge is 2.10. The lowest BCUT2D eigenvalue weighted by molar-refractivity contribution is -0.118. The van der Waals surface area contributed by atoms with E-state index in [0.29, 0.717) is 12.2 Å². The fourth-order valence-corrected chi connectivity index (χ4v) is 2.79. The predicted octanol–water partition coefficient (Wildman–Crippen LogP) is 2.91. The molecule has 2 rings (SSSR count). The minimum atomic E-state index is -0.576. The van der Waals surface area contributed by atoms with Crippen LogP contribution >= 0.6 is 0 Å². The maximum Gasteiger partial charge on any atom is 0.321 e. The second kappa shape index (κ2) is 10.3. The van der Waals surface area contributed by atoms with Gasteiger partial charge in [-0.25, -0.2) is 9.18 Å². The van der Waals surface area contributed by atoms with Gasteiger partial charge < -0.3 is 16.0 Å². The molecule has 0 fully saturated rings. The summed E-state index contributed by atoms with van der Waals surface area (Å²) in [5.41, 5.74) is 1.81. The second-order valence-corrected chi connectivity index (χ2v) is 6.39. The van der Waals surface area contributed by atoms with Crippen molar-refractivity contribution in [3.63, 3.8) is 0 Å². The zero-order valence-electron chi connectivity index (χ0n) is 15.4. The van der Waals surface area contributed by atoms with Crippen LogP contribution in [-0.4, -0.2) is 30.9 Å². The first kappa shape index (κ1) is 20.4. The number of allylic oxidation sites excluding steroid dienone is 1. The van der Waals surface area contributed by atoms with Crippen molar-refractivity contribution < 1.29 is 18.8 Å². The number of imide groups is 1. The molecule has 0 saturated heterocycles. The lowest BCUT2D eigenvalue weighted by Crippen LogP contribution is -2.42. The number of anilines is 2. The van der Waals surface area contributed by atoms with Crippen molar-refractivity contribution in [2.24, 2.45) is 0 Å². The Labute approximate surface area is 157 Å². The Morgan fingerprint density at radius 3 is 2.70 bits per heavy atom. The quantitative estimate of drug-likeness (QED) is 0.550. The highest BCUT2D eigenvalue weighted by Crippen LogP contribution is 2.20. The number of urea groups is 1. The first-order valence-electron chi connectivity index (χ1n) is 9.00. The van der Waals surface area contributed by atoms with Crippen molar-refractivity contribution in [1.29, 1.82) is 0 Å². The first-order valence-corrected chi connectivity index (χ1v) is 9.00. The molecule has 0 radical (unpaired) electrons. The summed E-state index contributed by atoms with van der Waals surface area (Å²) in [5, 5.41) is 10.0. The number of carbonyl (C=O) groups is 3. The van der Waals surface area contributed by atoms with Gasteiger partial charge in [-0.05, 0) is 50.3 Å². The Morgan fingerprint density at radius 1 is 1.19 bits per heavy atom. The summed E-state index contributed by atoms with van der Waals surface area (Å²) in [6, 6.07) is 3.45. The molecule has 0 atom stereocenters. The van der Waals surface area contributed by atoms with Crippen LogP contribution in [0.3, 0.4) is 0 Å². The smallest absolute Gasteiger partial charge is 0.321 e. The molecule has 0 aliphatic heterocycles. The zero-order valence-corrected chi connectivity index (χ0v) is 15.4. The van der Waals surface area contributed by atoms with E-state index in [-0.39, 0.29) is 12.2 Å². The molecule has 1 aromatic rings. The molecular weight excluding hydrogens is 351 g/mol. The van der Waals surface area contributed by atoms with Crippen LogP contribution in [-0.2, 0) is 9.59 Å². The zero-order chi connectivity index (χ0) is 19.6. The third-order valence-corrected chi connectivity index (χ3v) is 4.10. The lowest BCUT2D eigenvalue weighted by atomic mass is 9.97. The molecule has 146 valence electrons. The molecular formula is C19H25FN4O3. The molecule has 1 aliphatic carbocycles. The van der Waals surface area contributed by atoms with Crippen molar-refractivity contribution in [2.75, 3.05) is 23.7 Å². The number of halogens is 1. The highest BCUT2D eigenvalue weighted by molar-refractivity contribution is 5.96. The average Bonchev–Trinajstić information content (AvgIpc) is 2.63. The largest absolute Gasteiger partial charge is 0.376 e. The number of hydrogen-bond donors (Lipinski definition) is 4. The van der Waals surface area contributed by atoms with Crippen molar-refractivity contribution in [2.45, 2.75) is 39.0 Å². The number of carbonyl (C=O) groups excluding carboxylic acids is 3. The van der Waals surface area contributed by atoms with E-state index in [2.05, 4.69) is 27.3 Å². The topological polar surface area (TPSA) is 99.3 Å². The van der Waals surface area contributed by atoms with Crippen molar-refractivity contribution >= 4 is 29.2 Å². The Kier molecular flexibility index (Phi) is 7.79. The Balaban J connectivity index is 1.71. The lowest BCUT2D eigenvalue weighted by Gasteiger charge is -2.13. The number of rotatable bonds is 7. The molecule has 0 aromatic heterocycles. The normalized spacial score (nSPS) is 13.3. The van der Waals surface area contributed by atoms with Crippen LogP contribution in [0, 0.1) is 5.82 Å². The van der Waals surface area contributed by atoms with Crippen LogP contribution in [0.25, 0.3) is 0 Å². The fraction of sp³-hybridized carbons (Fsp3) is 0.421. The Bertz CT molecular complexity index is 734. The van der Waals surface area contributed by atoms with Crippen LogP contribution in [0.2, 0.25) is 0 Å². The van der Waals surface area contributed by atoms with Crippen LogP contribution in [0.15, 0.2) is 29.8 Å². The van der Waals surface area contributed by atoms with E-state index in [0.717, 1.165) is 19.3 Å². The number of benzene rings is 1. The molecule has 0 saturated carbocycles. The Morgan fingerprint density at radius 2 is 2.00 bits per heavy atom. The molecule has 0 spiro atoms. The maximum atomic E-state index is 13.6. The minimum absolute atomic E-state index is 0.0164. The summed E-state index contributed by atoms with van der Waals surface area (Å²) in [6.07, 6.45) is 7.59. The van der Waals surface area contributed by atoms with Gasteiger partial charge in [-0.2, -0.15) is 0 Å². The maximum absolute atomic E-state index is 13.6. The van der Waals surface area contributed by atoms with Crippen molar-refractivity contribution in [3.05, 3.63) is 35.7 Å². The first-order chi connectivity index (χ1) is 12.9. The molecule has 1 aromatic carbocycles. The molecule has 0 bridgehead atoms. The number of nitrogens with one attached hydrogen (secondary N) is 4. The van der Waals surface area contributed by atoms with E-state index in [1.54, 1.807) is 0 Å². The van der Waals surface area contributed by atoms with Crippen LogP contribution in [0.4, 0.5) is 20.6 Å². The van der Waals surface area contributed by atoms with Crippen LogP contribution < -0.4 is 21.3 Å². The summed E-state index contributed by atoms with van der Waals surface area (Å²) in [5.74, 6) is -1.49. The minimum Gasteiger partial charge on any atom is -0.376 e. The summed E-state index contributed by atoms with van der Waals surface area (Å²) in [7, 11) is 0. The van der Waals surface area contributed by atoms with Gasteiger partial charge in [0.25, 0.3) is 0 Å². The fourth-order valence-electron chi connectivity index (χ4n) is 2.79. The molecule has 4 amide bonds. The van der Waals surface area contributed by atoms with Gasteiger partial charge in [-0.15, -0.1) is 0 Å². The van der Waals surface area contributed by atoms with E-state index >= 15 is 0 Å². The Hall–Kier alpha value is -2.90. The van der Waals surface area contributed by atoms with E-state index in [4.69, 9.17) is 0 Å². The molecule has 4 N–H and O–H groups in total. The summed E-state index contributed by atoms with van der Waals surface area (Å²) < 4.78 is 13.6. The summed E-state index contributed by atoms with van der Waals surface area (Å²) in [6.45, 7) is 1.59. The van der Waals surface area contributed by atoms with Crippen molar-refractivity contribution in [3.8, 4) is 0 Å². The third kappa shape index (κ3) is 7.47. The van der Waals surface area contributed by atoms with Crippen LogP contribution in [0.5, 0.6) is 0 Å². The van der Waals surface area contributed by atoms with Gasteiger partial charge in [0.05, 0.1) is 12.2 Å². The highest BCUT2D eigenvalue weighted by atomic mass is 19.1. The monoisotopic (exact) mass is 376 g/mol. The standard InChI is InChI=1S/C19H25FN4O3/c1-13(25)23-17-11-15(7-8-16(17)20)22-12-18(26)24-19(27)21-10-9-14-5-3-2-4-6-14/h5,7-8,11,22H,2-4,6,9-10,12H2,1H3,(H,23,25)(H2,21,24,26,27). The summed E-state index contributed by atoms with van der Waals surface area (Å²) >= 11 is 0. The molecule has 8 heteroatoms. The molecule has 7 nitrogen and oxygen atoms in total. The van der Waals surface area contributed by atoms with Gasteiger partial charge in [0.2, 0.25) is 11.8 Å². The molecule has 27 heavy (non-hydrogen) atoms. The van der Waals surface area contributed by atoms with Gasteiger partial charge in [-0.3, -0.25) is 14.9 Å². The molecule has 0 unspecified atom stereocenters. The van der Waals surface area contributed by atoms with Crippen LogP contribution in [0.1, 0.15) is 39.0 Å². The van der Waals surface area contributed by atoms with Gasteiger partial charge in [0.15, 0.2) is 0 Å². The number of hydrogen-bond acceptors (Lipinski definition) is 4. The van der Waals surface area contributed by atoms with Gasteiger partial charge in [-0.1, -0.05) is 11.6 Å². The molecule has 1 aliphatic rings. The van der Waals surface area contributed by atoms with E-state index in [1.807, 2.05) is 0 Å². The van der Waals surface area contributed by atoms with E-state index in [1.165, 1.54) is 43.5 Å².